The number of fused-ring (bicyclic) bond motifs is 1. The molecule has 1 heterocycles. The first-order chi connectivity index (χ1) is 18.2. The van der Waals surface area contributed by atoms with Crippen LogP contribution in [0.4, 0.5) is 4.79 Å². The van der Waals surface area contributed by atoms with E-state index in [0.29, 0.717) is 12.0 Å². The normalized spacial score (nSPS) is 19.0. The van der Waals surface area contributed by atoms with E-state index in [1.54, 1.807) is 4.90 Å². The molecule has 40 heavy (non-hydrogen) atoms. The van der Waals surface area contributed by atoms with Gasteiger partial charge in [-0.15, -0.1) is 24.8 Å². The molecule has 1 saturated carbocycles. The Kier molecular flexibility index (Phi) is 11.8. The lowest BCUT2D eigenvalue weighted by Gasteiger charge is -2.49. The number of halogens is 2. The van der Waals surface area contributed by atoms with Crippen LogP contribution in [0.15, 0.2) is 42.5 Å². The first-order valence-electron chi connectivity index (χ1n) is 13.4. The fraction of sp³-hybridized carbons (Fsp3) is 0.448. The summed E-state index contributed by atoms with van der Waals surface area (Å²) in [6, 6.07) is 13.9. The monoisotopic (exact) mass is 589 g/mol. The van der Waals surface area contributed by atoms with Crippen LogP contribution in [-0.4, -0.2) is 44.3 Å². The SMILES string of the molecule is Cc1nc2cc(C3(N(CCC(=N)N)C(=O)O)CCCCCCC3CCc3ccc(C(=N)N)cc3)ccc2[nH]1.Cl.Cl. The Morgan fingerprint density at radius 2 is 1.80 bits per heavy atom. The average Bonchev–Trinajstić information content (AvgIpc) is 3.24. The van der Waals surface area contributed by atoms with Gasteiger partial charge in [-0.25, -0.2) is 9.78 Å². The second-order valence-corrected chi connectivity index (χ2v) is 10.5. The molecule has 9 nitrogen and oxygen atoms in total. The minimum Gasteiger partial charge on any atom is -0.465 e. The van der Waals surface area contributed by atoms with Gasteiger partial charge in [-0.1, -0.05) is 56.0 Å². The van der Waals surface area contributed by atoms with Crippen LogP contribution in [0.2, 0.25) is 0 Å². The highest BCUT2D eigenvalue weighted by atomic mass is 35.5. The lowest BCUT2D eigenvalue weighted by atomic mass is 9.67. The maximum absolute atomic E-state index is 12.9. The van der Waals surface area contributed by atoms with Crippen LogP contribution in [-0.2, 0) is 12.0 Å². The van der Waals surface area contributed by atoms with Gasteiger partial charge in [0.2, 0.25) is 0 Å². The van der Waals surface area contributed by atoms with Crippen molar-refractivity contribution >= 4 is 53.6 Å². The highest BCUT2D eigenvalue weighted by Gasteiger charge is 2.47. The van der Waals surface area contributed by atoms with Crippen LogP contribution in [0.1, 0.15) is 73.9 Å². The zero-order valence-electron chi connectivity index (χ0n) is 22.9. The number of amidine groups is 2. The van der Waals surface area contributed by atoms with Gasteiger partial charge in [-0.2, -0.15) is 0 Å². The number of aromatic nitrogens is 2. The number of nitrogens with one attached hydrogen (secondary N) is 3. The second-order valence-electron chi connectivity index (χ2n) is 10.5. The van der Waals surface area contributed by atoms with Crippen LogP contribution >= 0.6 is 24.8 Å². The van der Waals surface area contributed by atoms with Gasteiger partial charge in [-0.3, -0.25) is 15.7 Å². The van der Waals surface area contributed by atoms with Crippen molar-refractivity contribution < 1.29 is 9.90 Å². The van der Waals surface area contributed by atoms with Crippen molar-refractivity contribution in [2.24, 2.45) is 17.4 Å². The number of carboxylic acid groups (broad SMARTS) is 1. The standard InChI is InChI=1S/C29H39N7O2.2ClH/c1-19-34-24-14-13-23(18-25(24)35-19)29(36(28(37)38)17-15-26(30)31)16-5-3-2-4-6-22(29)12-9-20-7-10-21(11-8-20)27(32)33;;/h7-8,10-11,13-14,18,22H,2-6,9,12,15-17H2,1H3,(H3,30,31)(H3,32,33)(H,34,35)(H,37,38);2*1H. The Balaban J connectivity index is 0.00000280. The molecule has 2 unspecified atom stereocenters. The molecule has 4 rings (SSSR count). The van der Waals surface area contributed by atoms with Crippen LogP contribution in [0.5, 0.6) is 0 Å². The molecular formula is C29H41Cl2N7O2. The average molecular weight is 591 g/mol. The molecule has 0 bridgehead atoms. The summed E-state index contributed by atoms with van der Waals surface area (Å²) < 4.78 is 0. The number of carbonyl (C=O) groups is 1. The second kappa shape index (κ2) is 14.4. The van der Waals surface area contributed by atoms with Gasteiger partial charge in [-0.05, 0) is 61.8 Å². The van der Waals surface area contributed by atoms with Crippen molar-refractivity contribution in [3.8, 4) is 0 Å². The molecule has 8 N–H and O–H groups in total. The number of aromatic amines is 1. The van der Waals surface area contributed by atoms with Crippen molar-refractivity contribution in [2.75, 3.05) is 6.54 Å². The number of hydrogen-bond acceptors (Lipinski definition) is 4. The Morgan fingerprint density at radius 1 is 1.10 bits per heavy atom. The summed E-state index contributed by atoms with van der Waals surface area (Å²) >= 11 is 0. The molecular weight excluding hydrogens is 549 g/mol. The maximum Gasteiger partial charge on any atom is 0.408 e. The summed E-state index contributed by atoms with van der Waals surface area (Å²) in [5.41, 5.74) is 15.1. The number of aryl methyl sites for hydroxylation is 2. The molecule has 1 fully saturated rings. The molecule has 1 aliphatic carbocycles. The zero-order chi connectivity index (χ0) is 27.3. The number of nitrogens with two attached hydrogens (primary N) is 2. The fourth-order valence-corrected chi connectivity index (χ4v) is 6.15. The van der Waals surface area contributed by atoms with E-state index in [2.05, 4.69) is 22.1 Å². The van der Waals surface area contributed by atoms with Crippen molar-refractivity contribution in [3.63, 3.8) is 0 Å². The van der Waals surface area contributed by atoms with Gasteiger partial charge in [0, 0.05) is 18.5 Å². The molecule has 1 amide bonds. The smallest absolute Gasteiger partial charge is 0.408 e. The number of nitrogens with zero attached hydrogens (tertiary/aromatic N) is 2. The van der Waals surface area contributed by atoms with Crippen LogP contribution in [0, 0.1) is 23.7 Å². The van der Waals surface area contributed by atoms with E-state index in [0.717, 1.165) is 72.9 Å². The Hall–Kier alpha value is -3.30. The minimum atomic E-state index is -0.985. The summed E-state index contributed by atoms with van der Waals surface area (Å²) in [7, 11) is 0. The van der Waals surface area contributed by atoms with E-state index in [9.17, 15) is 9.90 Å². The molecule has 1 aromatic heterocycles. The molecule has 0 aliphatic heterocycles. The van der Waals surface area contributed by atoms with Crippen LogP contribution in [0.3, 0.4) is 0 Å². The highest BCUT2D eigenvalue weighted by Crippen LogP contribution is 2.47. The van der Waals surface area contributed by atoms with E-state index >= 15 is 0 Å². The third kappa shape index (κ3) is 7.26. The maximum atomic E-state index is 12.9. The van der Waals surface area contributed by atoms with E-state index in [4.69, 9.17) is 22.3 Å². The third-order valence-electron chi connectivity index (χ3n) is 8.00. The Morgan fingerprint density at radius 3 is 2.45 bits per heavy atom. The van der Waals surface area contributed by atoms with E-state index < -0.39 is 11.6 Å². The number of benzene rings is 2. The quantitative estimate of drug-likeness (QED) is 0.130. The van der Waals surface area contributed by atoms with Gasteiger partial charge in [0.1, 0.15) is 11.7 Å². The summed E-state index contributed by atoms with van der Waals surface area (Å²) in [5.74, 6) is 0.914. The van der Waals surface area contributed by atoms with E-state index in [-0.39, 0.29) is 55.4 Å². The van der Waals surface area contributed by atoms with Gasteiger partial charge in [0.25, 0.3) is 0 Å². The highest BCUT2D eigenvalue weighted by molar-refractivity contribution is 5.94. The van der Waals surface area contributed by atoms with E-state index in [1.165, 1.54) is 0 Å². The van der Waals surface area contributed by atoms with Crippen molar-refractivity contribution in [3.05, 3.63) is 65.0 Å². The molecule has 0 saturated heterocycles. The zero-order valence-corrected chi connectivity index (χ0v) is 24.5. The summed E-state index contributed by atoms with van der Waals surface area (Å²) in [6.45, 7) is 2.09. The Labute approximate surface area is 248 Å². The van der Waals surface area contributed by atoms with Crippen molar-refractivity contribution in [2.45, 2.75) is 70.3 Å². The molecule has 2 aromatic carbocycles. The van der Waals surface area contributed by atoms with Crippen LogP contribution in [0.25, 0.3) is 11.0 Å². The minimum absolute atomic E-state index is 0. The predicted octanol–water partition coefficient (Wildman–Crippen LogP) is 6.10. The first kappa shape index (κ1) is 32.9. The number of hydrogen-bond donors (Lipinski definition) is 6. The van der Waals surface area contributed by atoms with Crippen LogP contribution < -0.4 is 11.5 Å². The molecule has 11 heteroatoms. The molecule has 1 aliphatic rings. The molecule has 2 atom stereocenters. The number of imidazole rings is 1. The number of amides is 1. The van der Waals surface area contributed by atoms with Gasteiger partial charge >= 0.3 is 6.09 Å². The summed E-state index contributed by atoms with van der Waals surface area (Å²) in [4.78, 5) is 22.4. The largest absolute Gasteiger partial charge is 0.465 e. The predicted molar refractivity (Wildman–Crippen MR) is 165 cm³/mol. The fourth-order valence-electron chi connectivity index (χ4n) is 6.15. The lowest BCUT2D eigenvalue weighted by molar-refractivity contribution is 0.0131. The third-order valence-corrected chi connectivity index (χ3v) is 8.00. The van der Waals surface area contributed by atoms with Gasteiger partial charge in [0.05, 0.1) is 22.4 Å². The number of nitrogen functional groups attached to an aromatic ring is 1. The van der Waals surface area contributed by atoms with Crippen molar-refractivity contribution in [1.29, 1.82) is 10.8 Å². The van der Waals surface area contributed by atoms with Gasteiger partial charge < -0.3 is 21.6 Å². The van der Waals surface area contributed by atoms with Crippen molar-refractivity contribution in [1.82, 2.24) is 14.9 Å². The van der Waals surface area contributed by atoms with Gasteiger partial charge in [0.15, 0.2) is 0 Å². The topological polar surface area (TPSA) is 169 Å². The molecule has 0 spiro atoms. The number of H-pyrrole nitrogens is 1. The Bertz CT molecular complexity index is 1310. The molecule has 218 valence electrons. The molecule has 0 radical (unpaired) electrons. The number of rotatable bonds is 9. The summed E-state index contributed by atoms with van der Waals surface area (Å²) in [5, 5.41) is 26.1. The van der Waals surface area contributed by atoms with E-state index in [1.807, 2.05) is 37.3 Å². The lowest BCUT2D eigenvalue weighted by Crippen LogP contribution is -2.55. The molecule has 3 aromatic rings. The first-order valence-corrected chi connectivity index (χ1v) is 13.4. The summed E-state index contributed by atoms with van der Waals surface area (Å²) in [6.07, 6.45) is 6.58.